The molecule has 2 aromatic rings. The van der Waals surface area contributed by atoms with Gasteiger partial charge in [0.2, 0.25) is 15.9 Å². The number of nitrogens with one attached hydrogen (secondary N) is 1. The van der Waals surface area contributed by atoms with Crippen LogP contribution in [0.25, 0.3) is 0 Å². The zero-order valence-electron chi connectivity index (χ0n) is 13.7. The smallest absolute Gasteiger partial charge is 0.243 e. The van der Waals surface area contributed by atoms with Crippen LogP contribution in [0.4, 0.5) is 5.69 Å². The maximum Gasteiger partial charge on any atom is 0.243 e. The van der Waals surface area contributed by atoms with E-state index in [0.29, 0.717) is 16.3 Å². The van der Waals surface area contributed by atoms with Gasteiger partial charge in [0.15, 0.2) is 0 Å². The summed E-state index contributed by atoms with van der Waals surface area (Å²) in [5.41, 5.74) is 1.72. The Hall–Kier alpha value is -2.40. The number of aryl methyl sites for hydroxylation is 1. The monoisotopic (exact) mass is 377 g/mol. The summed E-state index contributed by atoms with van der Waals surface area (Å²) in [5, 5.41) is 11.7. The number of benzene rings is 2. The van der Waals surface area contributed by atoms with Gasteiger partial charge < -0.3 is 5.32 Å². The van der Waals surface area contributed by atoms with Crippen molar-refractivity contribution in [1.29, 1.82) is 5.26 Å². The molecular weight excluding hydrogens is 362 g/mol. The van der Waals surface area contributed by atoms with E-state index in [1.807, 2.05) is 13.0 Å². The minimum atomic E-state index is -3.84. The molecule has 0 aromatic heterocycles. The molecule has 0 unspecified atom stereocenters. The number of anilines is 1. The van der Waals surface area contributed by atoms with E-state index in [9.17, 15) is 13.2 Å². The van der Waals surface area contributed by atoms with Gasteiger partial charge in [-0.15, -0.1) is 0 Å². The van der Waals surface area contributed by atoms with Gasteiger partial charge in [-0.05, 0) is 48.9 Å². The van der Waals surface area contributed by atoms with Gasteiger partial charge in [-0.25, -0.2) is 8.42 Å². The van der Waals surface area contributed by atoms with E-state index in [4.69, 9.17) is 16.9 Å². The second-order valence-corrected chi connectivity index (χ2v) is 7.88. The second kappa shape index (κ2) is 7.66. The van der Waals surface area contributed by atoms with E-state index >= 15 is 0 Å². The normalized spacial score (nSPS) is 11.2. The molecule has 0 bridgehead atoms. The topological polar surface area (TPSA) is 90.3 Å². The molecule has 0 aliphatic heterocycles. The molecule has 130 valence electrons. The Labute approximate surface area is 151 Å². The number of nitrogens with zero attached hydrogens (tertiary/aromatic N) is 2. The molecule has 0 aliphatic rings. The van der Waals surface area contributed by atoms with E-state index in [1.165, 1.54) is 31.3 Å². The number of hydrogen-bond donors (Lipinski definition) is 1. The van der Waals surface area contributed by atoms with Gasteiger partial charge in [-0.3, -0.25) is 4.79 Å². The van der Waals surface area contributed by atoms with Crippen molar-refractivity contribution in [2.24, 2.45) is 0 Å². The van der Waals surface area contributed by atoms with Gasteiger partial charge in [0.25, 0.3) is 0 Å². The van der Waals surface area contributed by atoms with Crippen LogP contribution >= 0.6 is 11.6 Å². The van der Waals surface area contributed by atoms with Crippen LogP contribution in [0.15, 0.2) is 47.4 Å². The van der Waals surface area contributed by atoms with Crippen molar-refractivity contribution in [3.8, 4) is 6.07 Å². The Morgan fingerprint density at radius 2 is 1.88 bits per heavy atom. The van der Waals surface area contributed by atoms with Crippen LogP contribution in [0, 0.1) is 18.3 Å². The molecule has 0 aliphatic carbocycles. The van der Waals surface area contributed by atoms with Crippen molar-refractivity contribution in [2.45, 2.75) is 11.8 Å². The van der Waals surface area contributed by atoms with Crippen LogP contribution in [-0.4, -0.2) is 32.2 Å². The van der Waals surface area contributed by atoms with Gasteiger partial charge in [-0.2, -0.15) is 9.57 Å². The number of sulfonamides is 1. The van der Waals surface area contributed by atoms with Crippen LogP contribution in [0.1, 0.15) is 11.1 Å². The summed E-state index contributed by atoms with van der Waals surface area (Å²) in [6.45, 7) is 1.50. The van der Waals surface area contributed by atoms with Crippen LogP contribution in [0.2, 0.25) is 5.02 Å². The molecule has 0 spiro atoms. The lowest BCUT2D eigenvalue weighted by Gasteiger charge is -2.17. The number of carbonyl (C=O) groups is 1. The molecule has 1 amide bonds. The molecule has 8 heteroatoms. The predicted molar refractivity (Wildman–Crippen MR) is 95.8 cm³/mol. The van der Waals surface area contributed by atoms with Gasteiger partial charge in [0.05, 0.1) is 33.8 Å². The van der Waals surface area contributed by atoms with E-state index in [-0.39, 0.29) is 11.4 Å². The summed E-state index contributed by atoms with van der Waals surface area (Å²) < 4.78 is 25.9. The van der Waals surface area contributed by atoms with Crippen LogP contribution in [-0.2, 0) is 14.8 Å². The first-order valence-corrected chi connectivity index (χ1v) is 9.08. The third kappa shape index (κ3) is 4.57. The predicted octanol–water partition coefficient (Wildman–Crippen LogP) is 2.78. The average Bonchev–Trinajstić information content (AvgIpc) is 2.57. The summed E-state index contributed by atoms with van der Waals surface area (Å²) in [6.07, 6.45) is 0. The Kier molecular flexibility index (Phi) is 5.80. The number of likely N-dealkylation sites (N-methyl/N-ethyl adjacent to an activating group) is 1. The molecule has 0 fully saturated rings. The van der Waals surface area contributed by atoms with Gasteiger partial charge in [0, 0.05) is 7.05 Å². The van der Waals surface area contributed by atoms with E-state index < -0.39 is 15.9 Å². The molecule has 1 N–H and O–H groups in total. The van der Waals surface area contributed by atoms with Crippen molar-refractivity contribution in [3.05, 3.63) is 58.6 Å². The fourth-order valence-corrected chi connectivity index (χ4v) is 3.49. The molecule has 25 heavy (non-hydrogen) atoms. The molecule has 0 atom stereocenters. The summed E-state index contributed by atoms with van der Waals surface area (Å²) in [5.74, 6) is -0.509. The summed E-state index contributed by atoms with van der Waals surface area (Å²) in [6, 6.07) is 12.6. The van der Waals surface area contributed by atoms with Crippen LogP contribution in [0.3, 0.4) is 0 Å². The van der Waals surface area contributed by atoms with Gasteiger partial charge >= 0.3 is 0 Å². The number of amides is 1. The Bertz CT molecular complexity index is 935. The lowest BCUT2D eigenvalue weighted by Crippen LogP contribution is -2.35. The lowest BCUT2D eigenvalue weighted by molar-refractivity contribution is -0.116. The summed E-state index contributed by atoms with van der Waals surface area (Å²) in [4.78, 5) is 12.1. The van der Waals surface area contributed by atoms with Crippen molar-refractivity contribution < 1.29 is 13.2 Å². The first-order chi connectivity index (χ1) is 11.7. The highest BCUT2D eigenvalue weighted by Crippen LogP contribution is 2.23. The zero-order valence-corrected chi connectivity index (χ0v) is 15.2. The first kappa shape index (κ1) is 18.9. The molecule has 0 saturated heterocycles. The molecule has 0 radical (unpaired) electrons. The van der Waals surface area contributed by atoms with E-state index in [1.54, 1.807) is 18.2 Å². The second-order valence-electron chi connectivity index (χ2n) is 5.43. The van der Waals surface area contributed by atoms with E-state index in [2.05, 4.69) is 5.32 Å². The molecule has 6 nitrogen and oxygen atoms in total. The standard InChI is InChI=1S/C17H16ClN3O3S/c1-12-3-8-16(15(18)9-12)20-17(22)11-21(2)25(23,24)14-6-4-13(10-19)5-7-14/h3-9H,11H2,1-2H3,(H,20,22). The van der Waals surface area contributed by atoms with Crippen LogP contribution in [0.5, 0.6) is 0 Å². The minimum absolute atomic E-state index is 0.00942. The number of nitriles is 1. The quantitative estimate of drug-likeness (QED) is 0.867. The first-order valence-electron chi connectivity index (χ1n) is 7.26. The van der Waals surface area contributed by atoms with Gasteiger partial charge in [-0.1, -0.05) is 17.7 Å². The van der Waals surface area contributed by atoms with Crippen molar-refractivity contribution in [1.82, 2.24) is 4.31 Å². The molecule has 0 saturated carbocycles. The van der Waals surface area contributed by atoms with E-state index in [0.717, 1.165) is 9.87 Å². The molecular formula is C17H16ClN3O3S. The van der Waals surface area contributed by atoms with Crippen molar-refractivity contribution in [3.63, 3.8) is 0 Å². The molecule has 2 aromatic carbocycles. The third-order valence-corrected chi connectivity index (χ3v) is 5.59. The van der Waals surface area contributed by atoms with Crippen LogP contribution < -0.4 is 5.32 Å². The zero-order chi connectivity index (χ0) is 18.6. The average molecular weight is 378 g/mol. The Balaban J connectivity index is 2.10. The Morgan fingerprint density at radius 1 is 1.24 bits per heavy atom. The maximum atomic E-state index is 12.5. The highest BCUT2D eigenvalue weighted by Gasteiger charge is 2.23. The summed E-state index contributed by atoms with van der Waals surface area (Å²) >= 11 is 6.05. The number of halogens is 1. The largest absolute Gasteiger partial charge is 0.324 e. The summed E-state index contributed by atoms with van der Waals surface area (Å²) in [7, 11) is -2.53. The number of rotatable bonds is 5. The van der Waals surface area contributed by atoms with Gasteiger partial charge in [0.1, 0.15) is 0 Å². The fourth-order valence-electron chi connectivity index (χ4n) is 2.08. The highest BCUT2D eigenvalue weighted by atomic mass is 35.5. The van der Waals surface area contributed by atoms with Crippen molar-refractivity contribution in [2.75, 3.05) is 18.9 Å². The molecule has 2 rings (SSSR count). The third-order valence-electron chi connectivity index (χ3n) is 3.46. The Morgan fingerprint density at radius 3 is 2.44 bits per heavy atom. The number of carbonyl (C=O) groups excluding carboxylic acids is 1. The fraction of sp³-hybridized carbons (Fsp3) is 0.176. The highest BCUT2D eigenvalue weighted by molar-refractivity contribution is 7.89. The lowest BCUT2D eigenvalue weighted by atomic mass is 10.2. The number of hydrogen-bond acceptors (Lipinski definition) is 4. The maximum absolute atomic E-state index is 12.5. The van der Waals surface area contributed by atoms with Crippen molar-refractivity contribution >= 4 is 33.2 Å². The molecule has 0 heterocycles. The minimum Gasteiger partial charge on any atom is -0.324 e. The SMILES string of the molecule is Cc1ccc(NC(=O)CN(C)S(=O)(=O)c2ccc(C#N)cc2)c(Cl)c1.